The lowest BCUT2D eigenvalue weighted by atomic mass is 10.0. The van der Waals surface area contributed by atoms with Gasteiger partial charge in [0.2, 0.25) is 5.91 Å². The number of nitrogens with zero attached hydrogens (tertiary/aromatic N) is 2. The van der Waals surface area contributed by atoms with Crippen LogP contribution in [0.15, 0.2) is 53.9 Å². The molecule has 0 radical (unpaired) electrons. The van der Waals surface area contributed by atoms with Gasteiger partial charge in [-0.25, -0.2) is 9.37 Å². The molecule has 0 aliphatic carbocycles. The maximum Gasteiger partial charge on any atom is 0.226 e. The minimum Gasteiger partial charge on any atom is -0.486 e. The van der Waals surface area contributed by atoms with Crippen molar-refractivity contribution in [1.82, 2.24) is 15.2 Å². The molecule has 1 aliphatic heterocycles. The summed E-state index contributed by atoms with van der Waals surface area (Å²) in [5.41, 5.74) is 1.67. The third-order valence-corrected chi connectivity index (χ3v) is 6.47. The van der Waals surface area contributed by atoms with E-state index >= 15 is 0 Å². The van der Waals surface area contributed by atoms with E-state index in [0.29, 0.717) is 42.8 Å². The Hall–Kier alpha value is -2.52. The summed E-state index contributed by atoms with van der Waals surface area (Å²) in [5, 5.41) is 6.34. The van der Waals surface area contributed by atoms with Gasteiger partial charge in [0, 0.05) is 30.0 Å². The van der Waals surface area contributed by atoms with Crippen LogP contribution < -0.4 is 10.1 Å². The quantitative estimate of drug-likeness (QED) is 0.487. The number of thiazole rings is 1. The second kappa shape index (κ2) is 11.6. The molecule has 4 rings (SSSR count). The molecule has 0 spiro atoms. The minimum absolute atomic E-state index is 0.0442. The maximum atomic E-state index is 13.4. The fourth-order valence-corrected chi connectivity index (χ4v) is 4.47. The van der Waals surface area contributed by atoms with Crippen molar-refractivity contribution < 1.29 is 18.7 Å². The minimum atomic E-state index is -0.275. The van der Waals surface area contributed by atoms with Gasteiger partial charge in [-0.05, 0) is 42.0 Å². The molecule has 2 heterocycles. The van der Waals surface area contributed by atoms with Gasteiger partial charge >= 0.3 is 0 Å². The summed E-state index contributed by atoms with van der Waals surface area (Å²) in [6, 6.07) is 13.5. The smallest absolute Gasteiger partial charge is 0.226 e. The van der Waals surface area contributed by atoms with Crippen molar-refractivity contribution in [2.24, 2.45) is 0 Å². The highest BCUT2D eigenvalue weighted by Gasteiger charge is 2.23. The van der Waals surface area contributed by atoms with Crippen LogP contribution in [-0.2, 0) is 22.6 Å². The Bertz CT molecular complexity index is 1040. The first-order valence-electron chi connectivity index (χ1n) is 10.7. The number of hydrogen-bond acceptors (Lipinski definition) is 6. The molecular formula is C24H25ClFN3O3S. The summed E-state index contributed by atoms with van der Waals surface area (Å²) in [7, 11) is 0. The zero-order chi connectivity index (χ0) is 23.0. The van der Waals surface area contributed by atoms with Crippen LogP contribution in [0.5, 0.6) is 5.75 Å². The predicted molar refractivity (Wildman–Crippen MR) is 126 cm³/mol. The van der Waals surface area contributed by atoms with Gasteiger partial charge in [-0.3, -0.25) is 9.69 Å². The van der Waals surface area contributed by atoms with E-state index < -0.39 is 0 Å². The molecule has 1 N–H and O–H groups in total. The topological polar surface area (TPSA) is 63.7 Å². The first kappa shape index (κ1) is 23.6. The standard InChI is InChI=1S/C24H25ClFN3O3S/c25-18-3-7-21(8-4-18)32-15-24-28-20(16-33-24)13-23(30)27-14-22(29-9-11-31-12-10-29)17-1-5-19(26)6-2-17/h1-8,16,22H,9-15H2,(H,27,30). The number of rotatable bonds is 9. The zero-order valence-corrected chi connectivity index (χ0v) is 19.6. The highest BCUT2D eigenvalue weighted by Crippen LogP contribution is 2.22. The number of ether oxygens (including phenoxy) is 2. The first-order chi connectivity index (χ1) is 16.1. The Kier molecular flexibility index (Phi) is 8.28. The molecule has 174 valence electrons. The number of nitrogens with one attached hydrogen (secondary N) is 1. The Labute approximate surface area is 201 Å². The summed E-state index contributed by atoms with van der Waals surface area (Å²) in [4.78, 5) is 19.4. The normalized spacial score (nSPS) is 15.2. The number of halogens is 2. The van der Waals surface area contributed by atoms with Crippen molar-refractivity contribution >= 4 is 28.8 Å². The van der Waals surface area contributed by atoms with Crippen LogP contribution in [0.4, 0.5) is 4.39 Å². The van der Waals surface area contributed by atoms with E-state index in [4.69, 9.17) is 21.1 Å². The Morgan fingerprint density at radius 3 is 2.64 bits per heavy atom. The van der Waals surface area contributed by atoms with E-state index in [1.54, 1.807) is 36.4 Å². The first-order valence-corrected chi connectivity index (χ1v) is 12.0. The molecule has 6 nitrogen and oxygen atoms in total. The van der Waals surface area contributed by atoms with Crippen molar-refractivity contribution in [3.8, 4) is 5.75 Å². The van der Waals surface area contributed by atoms with E-state index in [-0.39, 0.29) is 24.2 Å². The summed E-state index contributed by atoms with van der Waals surface area (Å²) >= 11 is 7.34. The number of carbonyl (C=O) groups excluding carboxylic acids is 1. The largest absolute Gasteiger partial charge is 0.486 e. The van der Waals surface area contributed by atoms with E-state index in [0.717, 1.165) is 23.7 Å². The Morgan fingerprint density at radius 1 is 1.18 bits per heavy atom. The molecule has 9 heteroatoms. The van der Waals surface area contributed by atoms with Crippen molar-refractivity contribution in [3.63, 3.8) is 0 Å². The molecule has 2 aromatic carbocycles. The van der Waals surface area contributed by atoms with Crippen LogP contribution in [0.3, 0.4) is 0 Å². The fourth-order valence-electron chi connectivity index (χ4n) is 3.64. The van der Waals surface area contributed by atoms with Gasteiger partial charge in [0.1, 0.15) is 23.2 Å². The molecule has 1 saturated heterocycles. The number of morpholine rings is 1. The van der Waals surface area contributed by atoms with Crippen molar-refractivity contribution in [2.45, 2.75) is 19.1 Å². The predicted octanol–water partition coefficient (Wildman–Crippen LogP) is 4.25. The lowest BCUT2D eigenvalue weighted by Crippen LogP contribution is -2.44. The average Bonchev–Trinajstić information content (AvgIpc) is 3.28. The van der Waals surface area contributed by atoms with Gasteiger partial charge in [0.25, 0.3) is 0 Å². The molecule has 1 fully saturated rings. The van der Waals surface area contributed by atoms with Crippen molar-refractivity contribution in [1.29, 1.82) is 0 Å². The highest BCUT2D eigenvalue weighted by atomic mass is 35.5. The Balaban J connectivity index is 1.30. The second-order valence-corrected chi connectivity index (χ2v) is 9.05. The summed E-state index contributed by atoms with van der Waals surface area (Å²) in [6.45, 7) is 3.58. The van der Waals surface area contributed by atoms with Gasteiger partial charge < -0.3 is 14.8 Å². The Morgan fingerprint density at radius 2 is 1.91 bits per heavy atom. The molecule has 0 saturated carbocycles. The van der Waals surface area contributed by atoms with Gasteiger partial charge in [-0.15, -0.1) is 11.3 Å². The molecule has 33 heavy (non-hydrogen) atoms. The SMILES string of the molecule is O=C(Cc1csc(COc2ccc(Cl)cc2)n1)NCC(c1ccc(F)cc1)N1CCOCC1. The molecule has 3 aromatic rings. The third kappa shape index (κ3) is 6.98. The summed E-state index contributed by atoms with van der Waals surface area (Å²) < 4.78 is 24.6. The lowest BCUT2D eigenvalue weighted by molar-refractivity contribution is -0.120. The van der Waals surface area contributed by atoms with Crippen LogP contribution in [-0.4, -0.2) is 48.6 Å². The lowest BCUT2D eigenvalue weighted by Gasteiger charge is -2.35. The molecule has 1 aliphatic rings. The van der Waals surface area contributed by atoms with Gasteiger partial charge in [-0.2, -0.15) is 0 Å². The van der Waals surface area contributed by atoms with Crippen LogP contribution in [0.25, 0.3) is 0 Å². The highest BCUT2D eigenvalue weighted by molar-refractivity contribution is 7.09. The molecular weight excluding hydrogens is 465 g/mol. The maximum absolute atomic E-state index is 13.4. The van der Waals surface area contributed by atoms with E-state index in [2.05, 4.69) is 15.2 Å². The number of aromatic nitrogens is 1. The van der Waals surface area contributed by atoms with E-state index in [9.17, 15) is 9.18 Å². The number of carbonyl (C=O) groups is 1. The van der Waals surface area contributed by atoms with E-state index in [1.165, 1.54) is 23.5 Å². The number of amides is 1. The van der Waals surface area contributed by atoms with Crippen LogP contribution in [0.1, 0.15) is 22.3 Å². The van der Waals surface area contributed by atoms with Crippen LogP contribution in [0, 0.1) is 5.82 Å². The summed E-state index contributed by atoms with van der Waals surface area (Å²) in [6.07, 6.45) is 0.191. The molecule has 1 atom stereocenters. The second-order valence-electron chi connectivity index (χ2n) is 7.67. The molecule has 1 unspecified atom stereocenters. The molecule has 0 bridgehead atoms. The zero-order valence-electron chi connectivity index (χ0n) is 18.0. The van der Waals surface area contributed by atoms with Crippen LogP contribution >= 0.6 is 22.9 Å². The van der Waals surface area contributed by atoms with Crippen LogP contribution in [0.2, 0.25) is 5.02 Å². The third-order valence-electron chi connectivity index (χ3n) is 5.35. The molecule has 1 aromatic heterocycles. The van der Waals surface area contributed by atoms with E-state index in [1.807, 2.05) is 5.38 Å². The van der Waals surface area contributed by atoms with Gasteiger partial charge in [0.05, 0.1) is 31.4 Å². The van der Waals surface area contributed by atoms with Crippen molar-refractivity contribution in [2.75, 3.05) is 32.8 Å². The monoisotopic (exact) mass is 489 g/mol. The molecule has 1 amide bonds. The van der Waals surface area contributed by atoms with Gasteiger partial charge in [-0.1, -0.05) is 23.7 Å². The fraction of sp³-hybridized carbons (Fsp3) is 0.333. The van der Waals surface area contributed by atoms with Crippen molar-refractivity contribution in [3.05, 3.63) is 81.0 Å². The summed E-state index contributed by atoms with van der Waals surface area (Å²) in [5.74, 6) is 0.331. The van der Waals surface area contributed by atoms with Gasteiger partial charge in [0.15, 0.2) is 0 Å². The average molecular weight is 490 g/mol. The number of hydrogen-bond donors (Lipinski definition) is 1. The number of benzene rings is 2.